The van der Waals surface area contributed by atoms with Gasteiger partial charge in [-0.15, -0.1) is 0 Å². The number of nitrogens with one attached hydrogen (secondary N) is 1. The Morgan fingerprint density at radius 2 is 2.22 bits per heavy atom. The van der Waals surface area contributed by atoms with Crippen LogP contribution in [0.15, 0.2) is 18.2 Å². The number of carbonyl (C=O) groups is 1. The van der Waals surface area contributed by atoms with E-state index in [4.69, 9.17) is 27.9 Å². The summed E-state index contributed by atoms with van der Waals surface area (Å²) in [7, 11) is 1.63. The summed E-state index contributed by atoms with van der Waals surface area (Å²) >= 11 is 15.2. The minimum absolute atomic E-state index is 0.00695. The maximum absolute atomic E-state index is 12.0. The Morgan fingerprint density at radius 1 is 1.50 bits per heavy atom. The summed E-state index contributed by atoms with van der Waals surface area (Å²) < 4.78 is 4.98. The second kappa shape index (κ2) is 8.00. The lowest BCUT2D eigenvalue weighted by Crippen LogP contribution is -2.37. The molecular formula is C12H14BrCl2NO2. The molecule has 1 N–H and O–H groups in total. The molecule has 0 aromatic heterocycles. The third-order valence-corrected chi connectivity index (χ3v) is 3.99. The molecule has 0 radical (unpaired) electrons. The zero-order valence-electron chi connectivity index (χ0n) is 9.88. The molecule has 0 heterocycles. The van der Waals surface area contributed by atoms with Crippen molar-refractivity contribution < 1.29 is 9.53 Å². The van der Waals surface area contributed by atoms with Crippen molar-refractivity contribution in [2.24, 2.45) is 0 Å². The average Bonchev–Trinajstić information content (AvgIpc) is 2.37. The quantitative estimate of drug-likeness (QED) is 0.793. The molecule has 3 nitrogen and oxygen atoms in total. The van der Waals surface area contributed by atoms with Crippen LogP contribution in [0.3, 0.4) is 0 Å². The fraction of sp³-hybridized carbons (Fsp3) is 0.417. The van der Waals surface area contributed by atoms with Gasteiger partial charge in [0.05, 0.1) is 15.6 Å². The van der Waals surface area contributed by atoms with E-state index < -0.39 is 0 Å². The molecular weight excluding hydrogens is 341 g/mol. The lowest BCUT2D eigenvalue weighted by atomic mass is 10.2. The number of benzene rings is 1. The topological polar surface area (TPSA) is 38.3 Å². The number of carbonyl (C=O) groups excluding carboxylic acids is 1. The standard InChI is InChI=1S/C12H14BrCl2NO2/c1-18-6-5-8(7-13)16-12(17)9-3-2-4-10(14)11(9)15/h2-4,8H,5-7H2,1H3,(H,16,17). The Labute approximate surface area is 125 Å². The summed E-state index contributed by atoms with van der Waals surface area (Å²) in [5.41, 5.74) is 0.382. The van der Waals surface area contributed by atoms with E-state index >= 15 is 0 Å². The van der Waals surface area contributed by atoms with Crippen molar-refractivity contribution >= 4 is 45.0 Å². The van der Waals surface area contributed by atoms with Gasteiger partial charge in [0.15, 0.2) is 0 Å². The number of alkyl halides is 1. The molecule has 0 spiro atoms. The predicted octanol–water partition coefficient (Wildman–Crippen LogP) is 3.52. The molecule has 0 aliphatic heterocycles. The summed E-state index contributed by atoms with van der Waals surface area (Å²) in [6, 6.07) is 4.98. The first-order chi connectivity index (χ1) is 8.60. The van der Waals surface area contributed by atoms with Crippen LogP contribution in [-0.2, 0) is 4.74 Å². The van der Waals surface area contributed by atoms with Crippen molar-refractivity contribution in [3.05, 3.63) is 33.8 Å². The SMILES string of the molecule is COCCC(CBr)NC(=O)c1cccc(Cl)c1Cl. The van der Waals surface area contributed by atoms with Crippen LogP contribution in [0, 0.1) is 0 Å². The van der Waals surface area contributed by atoms with Gasteiger partial charge in [0.2, 0.25) is 0 Å². The second-order valence-corrected chi connectivity index (χ2v) is 5.14. The van der Waals surface area contributed by atoms with Gasteiger partial charge in [-0.05, 0) is 18.6 Å². The van der Waals surface area contributed by atoms with E-state index in [0.717, 1.165) is 6.42 Å². The van der Waals surface area contributed by atoms with Gasteiger partial charge in [-0.1, -0.05) is 45.2 Å². The van der Waals surface area contributed by atoms with E-state index in [1.165, 1.54) is 0 Å². The van der Waals surface area contributed by atoms with Crippen LogP contribution in [0.2, 0.25) is 10.0 Å². The molecule has 0 saturated heterocycles. The zero-order chi connectivity index (χ0) is 13.5. The van der Waals surface area contributed by atoms with Gasteiger partial charge in [0.1, 0.15) is 0 Å². The fourth-order valence-corrected chi connectivity index (χ4v) is 2.26. The molecule has 0 saturated carbocycles. The number of halogens is 3. The van der Waals surface area contributed by atoms with Gasteiger partial charge in [0, 0.05) is 25.1 Å². The van der Waals surface area contributed by atoms with Crippen LogP contribution in [0.4, 0.5) is 0 Å². The van der Waals surface area contributed by atoms with Crippen LogP contribution in [0.1, 0.15) is 16.8 Å². The molecule has 0 aliphatic carbocycles. The van der Waals surface area contributed by atoms with E-state index in [0.29, 0.717) is 22.5 Å². The largest absolute Gasteiger partial charge is 0.385 e. The van der Waals surface area contributed by atoms with Crippen LogP contribution in [-0.4, -0.2) is 31.0 Å². The van der Waals surface area contributed by atoms with Crippen molar-refractivity contribution in [2.75, 3.05) is 19.0 Å². The first-order valence-corrected chi connectivity index (χ1v) is 7.27. The molecule has 0 fully saturated rings. The van der Waals surface area contributed by atoms with Crippen molar-refractivity contribution in [3.63, 3.8) is 0 Å². The molecule has 1 amide bonds. The highest BCUT2D eigenvalue weighted by Gasteiger charge is 2.16. The van der Waals surface area contributed by atoms with E-state index in [9.17, 15) is 4.79 Å². The smallest absolute Gasteiger partial charge is 0.253 e. The summed E-state index contributed by atoms with van der Waals surface area (Å²) in [4.78, 5) is 12.0. The van der Waals surface area contributed by atoms with Gasteiger partial charge >= 0.3 is 0 Å². The molecule has 1 atom stereocenters. The summed E-state index contributed by atoms with van der Waals surface area (Å²) in [5.74, 6) is -0.233. The predicted molar refractivity (Wildman–Crippen MR) is 78.0 cm³/mol. The van der Waals surface area contributed by atoms with E-state index in [-0.39, 0.29) is 17.0 Å². The highest BCUT2D eigenvalue weighted by molar-refractivity contribution is 9.09. The van der Waals surface area contributed by atoms with Gasteiger partial charge in [-0.2, -0.15) is 0 Å². The van der Waals surface area contributed by atoms with Crippen molar-refractivity contribution in [1.29, 1.82) is 0 Å². The molecule has 18 heavy (non-hydrogen) atoms. The third-order valence-electron chi connectivity index (χ3n) is 2.39. The molecule has 0 aliphatic rings. The van der Waals surface area contributed by atoms with Gasteiger partial charge in [0.25, 0.3) is 5.91 Å². The number of rotatable bonds is 6. The average molecular weight is 355 g/mol. The Kier molecular flexibility index (Phi) is 7.00. The van der Waals surface area contributed by atoms with Gasteiger partial charge < -0.3 is 10.1 Å². The fourth-order valence-electron chi connectivity index (χ4n) is 1.39. The molecule has 1 rings (SSSR count). The monoisotopic (exact) mass is 353 g/mol. The molecule has 100 valence electrons. The minimum atomic E-state index is -0.233. The third kappa shape index (κ3) is 4.43. The van der Waals surface area contributed by atoms with Crippen molar-refractivity contribution in [3.8, 4) is 0 Å². The van der Waals surface area contributed by atoms with Crippen LogP contribution < -0.4 is 5.32 Å². The number of hydrogen-bond acceptors (Lipinski definition) is 2. The summed E-state index contributed by atoms with van der Waals surface area (Å²) in [5, 5.41) is 4.18. The van der Waals surface area contributed by atoms with Gasteiger partial charge in [-0.25, -0.2) is 0 Å². The zero-order valence-corrected chi connectivity index (χ0v) is 13.0. The first-order valence-electron chi connectivity index (χ1n) is 5.40. The molecule has 1 aromatic rings. The van der Waals surface area contributed by atoms with Crippen LogP contribution >= 0.6 is 39.1 Å². The first kappa shape index (κ1) is 15.8. The van der Waals surface area contributed by atoms with Crippen molar-refractivity contribution in [2.45, 2.75) is 12.5 Å². The number of amides is 1. The minimum Gasteiger partial charge on any atom is -0.385 e. The Hall–Kier alpha value is -0.290. The van der Waals surface area contributed by atoms with Crippen LogP contribution in [0.25, 0.3) is 0 Å². The molecule has 1 aromatic carbocycles. The number of methoxy groups -OCH3 is 1. The van der Waals surface area contributed by atoms with Gasteiger partial charge in [-0.3, -0.25) is 4.79 Å². The molecule has 1 unspecified atom stereocenters. The normalized spacial score (nSPS) is 12.2. The number of ether oxygens (including phenoxy) is 1. The highest BCUT2D eigenvalue weighted by atomic mass is 79.9. The maximum Gasteiger partial charge on any atom is 0.253 e. The molecule has 0 bridgehead atoms. The maximum atomic E-state index is 12.0. The van der Waals surface area contributed by atoms with E-state index in [2.05, 4.69) is 21.2 Å². The Morgan fingerprint density at radius 3 is 2.83 bits per heavy atom. The summed E-state index contributed by atoms with van der Waals surface area (Å²) in [6.07, 6.45) is 0.728. The lowest BCUT2D eigenvalue weighted by Gasteiger charge is -2.16. The molecule has 6 heteroatoms. The number of hydrogen-bond donors (Lipinski definition) is 1. The summed E-state index contributed by atoms with van der Waals surface area (Å²) in [6.45, 7) is 0.583. The second-order valence-electron chi connectivity index (χ2n) is 3.71. The lowest BCUT2D eigenvalue weighted by molar-refractivity contribution is 0.0931. The van der Waals surface area contributed by atoms with Crippen molar-refractivity contribution in [1.82, 2.24) is 5.32 Å². The van der Waals surface area contributed by atoms with E-state index in [1.807, 2.05) is 0 Å². The Bertz CT molecular complexity index is 415. The van der Waals surface area contributed by atoms with E-state index in [1.54, 1.807) is 25.3 Å². The van der Waals surface area contributed by atoms with Crippen LogP contribution in [0.5, 0.6) is 0 Å². The highest BCUT2D eigenvalue weighted by Crippen LogP contribution is 2.25. The Balaban J connectivity index is 2.72.